The van der Waals surface area contributed by atoms with Gasteiger partial charge in [0.25, 0.3) is 0 Å². The summed E-state index contributed by atoms with van der Waals surface area (Å²) in [6.07, 6.45) is 1.58. The largest absolute Gasteiger partial charge is 0.465 e. The van der Waals surface area contributed by atoms with Crippen molar-refractivity contribution >= 4 is 23.2 Å². The quantitative estimate of drug-likeness (QED) is 0.364. The van der Waals surface area contributed by atoms with Gasteiger partial charge in [0.15, 0.2) is 0 Å². The molecule has 7 heteroatoms. The van der Waals surface area contributed by atoms with E-state index in [1.54, 1.807) is 55.6 Å². The van der Waals surface area contributed by atoms with Crippen LogP contribution in [0.3, 0.4) is 0 Å². The number of Topliss-reactive ketones (excluding diaryl/α,β-unsaturated/α-hetero) is 1. The van der Waals surface area contributed by atoms with E-state index in [0.717, 1.165) is 0 Å². The van der Waals surface area contributed by atoms with E-state index in [9.17, 15) is 14.9 Å². The molecular formula is C17H16N4O3. The Morgan fingerprint density at radius 2 is 2.00 bits per heavy atom. The number of hydrogen-bond donors (Lipinski definition) is 1. The maximum absolute atomic E-state index is 12.3. The van der Waals surface area contributed by atoms with Gasteiger partial charge >= 0.3 is 5.97 Å². The molecule has 1 heterocycles. The number of nitrogens with zero attached hydrogens (tertiary/aromatic N) is 3. The summed E-state index contributed by atoms with van der Waals surface area (Å²) in [5.74, 6) is -1.05. The predicted octanol–water partition coefficient (Wildman–Crippen LogP) is 2.15. The molecule has 0 aliphatic carbocycles. The maximum Gasteiger partial charge on any atom is 0.327 e. The van der Waals surface area contributed by atoms with Gasteiger partial charge in [-0.2, -0.15) is 10.4 Å². The average molecular weight is 324 g/mol. The Balaban J connectivity index is 2.33. The van der Waals surface area contributed by atoms with Crippen LogP contribution in [0.15, 0.2) is 53.8 Å². The summed E-state index contributed by atoms with van der Waals surface area (Å²) in [6.45, 7) is 1.72. The SMILES string of the molecule is CCOC(=O)CN(/N=C(\C#N)C(=O)c1ccc[nH]1)c1ccccc1. The highest BCUT2D eigenvalue weighted by atomic mass is 16.5. The Bertz CT molecular complexity index is 761. The van der Waals surface area contributed by atoms with E-state index >= 15 is 0 Å². The fraction of sp³-hybridized carbons (Fsp3) is 0.176. The second kappa shape index (κ2) is 8.29. The van der Waals surface area contributed by atoms with Crippen molar-refractivity contribution < 1.29 is 14.3 Å². The van der Waals surface area contributed by atoms with Crippen LogP contribution in [0.25, 0.3) is 0 Å². The number of hydrazone groups is 1. The predicted molar refractivity (Wildman–Crippen MR) is 88.6 cm³/mol. The summed E-state index contributed by atoms with van der Waals surface area (Å²) in [5, 5.41) is 14.6. The normalized spacial score (nSPS) is 10.8. The minimum atomic E-state index is -0.549. The van der Waals surface area contributed by atoms with E-state index in [-0.39, 0.29) is 24.6 Å². The van der Waals surface area contributed by atoms with Gasteiger partial charge in [-0.05, 0) is 31.2 Å². The lowest BCUT2D eigenvalue weighted by atomic mass is 10.2. The van der Waals surface area contributed by atoms with Crippen molar-refractivity contribution in [2.24, 2.45) is 5.10 Å². The Hall–Kier alpha value is -3.40. The molecule has 0 aliphatic rings. The van der Waals surface area contributed by atoms with Crippen molar-refractivity contribution in [3.63, 3.8) is 0 Å². The first kappa shape index (κ1) is 17.0. The molecule has 0 spiro atoms. The first-order valence-electron chi connectivity index (χ1n) is 7.30. The van der Waals surface area contributed by atoms with Crippen LogP contribution in [0.2, 0.25) is 0 Å². The van der Waals surface area contributed by atoms with Crippen LogP contribution in [0, 0.1) is 11.3 Å². The molecule has 0 saturated carbocycles. The first-order chi connectivity index (χ1) is 11.7. The number of nitriles is 1. The van der Waals surface area contributed by atoms with Crippen molar-refractivity contribution in [1.82, 2.24) is 4.98 Å². The molecule has 0 atom stereocenters. The number of benzene rings is 1. The number of hydrogen-bond acceptors (Lipinski definition) is 6. The molecule has 24 heavy (non-hydrogen) atoms. The summed E-state index contributed by atoms with van der Waals surface area (Å²) in [4.78, 5) is 26.8. The zero-order valence-electron chi connectivity index (χ0n) is 13.1. The van der Waals surface area contributed by atoms with E-state index in [0.29, 0.717) is 5.69 Å². The summed E-state index contributed by atoms with van der Waals surface area (Å²) in [5.41, 5.74) is 0.489. The molecule has 0 unspecified atom stereocenters. The molecule has 1 aromatic heterocycles. The number of rotatable bonds is 7. The van der Waals surface area contributed by atoms with Crippen molar-refractivity contribution in [2.75, 3.05) is 18.2 Å². The van der Waals surface area contributed by atoms with E-state index in [1.165, 1.54) is 5.01 Å². The van der Waals surface area contributed by atoms with Crippen LogP contribution in [-0.4, -0.2) is 35.6 Å². The minimum absolute atomic E-state index is 0.207. The molecule has 0 aliphatic heterocycles. The number of carbonyl (C=O) groups excluding carboxylic acids is 2. The van der Waals surface area contributed by atoms with Crippen molar-refractivity contribution in [2.45, 2.75) is 6.92 Å². The lowest BCUT2D eigenvalue weighted by Crippen LogP contribution is -2.29. The molecule has 0 saturated heterocycles. The lowest BCUT2D eigenvalue weighted by molar-refractivity contribution is -0.141. The number of aromatic amines is 1. The molecule has 1 N–H and O–H groups in total. The molecule has 122 valence electrons. The fourth-order valence-corrected chi connectivity index (χ4v) is 1.95. The van der Waals surface area contributed by atoms with Crippen LogP contribution < -0.4 is 5.01 Å². The highest BCUT2D eigenvalue weighted by Crippen LogP contribution is 2.14. The Morgan fingerprint density at radius 3 is 2.58 bits per heavy atom. The highest BCUT2D eigenvalue weighted by Gasteiger charge is 2.19. The van der Waals surface area contributed by atoms with Crippen LogP contribution in [0.4, 0.5) is 5.69 Å². The Labute approximate surface area is 139 Å². The number of ether oxygens (including phenoxy) is 1. The lowest BCUT2D eigenvalue weighted by Gasteiger charge is -2.18. The van der Waals surface area contributed by atoms with Crippen LogP contribution in [0.1, 0.15) is 17.4 Å². The van der Waals surface area contributed by atoms with Gasteiger partial charge in [0.2, 0.25) is 11.5 Å². The summed E-state index contributed by atoms with van der Waals surface area (Å²) < 4.78 is 4.92. The number of H-pyrrole nitrogens is 1. The number of aromatic nitrogens is 1. The van der Waals surface area contributed by atoms with Crippen molar-refractivity contribution in [3.8, 4) is 6.07 Å². The van der Waals surface area contributed by atoms with E-state index < -0.39 is 11.8 Å². The smallest absolute Gasteiger partial charge is 0.327 e. The van der Waals surface area contributed by atoms with Gasteiger partial charge in [-0.1, -0.05) is 18.2 Å². The van der Waals surface area contributed by atoms with Crippen molar-refractivity contribution in [3.05, 3.63) is 54.4 Å². The van der Waals surface area contributed by atoms with Gasteiger partial charge in [0.1, 0.15) is 12.6 Å². The molecule has 1 aromatic carbocycles. The number of esters is 1. The average Bonchev–Trinajstić information content (AvgIpc) is 3.13. The second-order valence-corrected chi connectivity index (χ2v) is 4.67. The van der Waals surface area contributed by atoms with Gasteiger partial charge in [-0.25, -0.2) is 0 Å². The molecule has 0 amide bonds. The summed E-state index contributed by atoms with van der Waals surface area (Å²) >= 11 is 0. The number of ketones is 1. The molecule has 2 rings (SSSR count). The zero-order valence-corrected chi connectivity index (χ0v) is 13.1. The molecule has 2 aromatic rings. The monoisotopic (exact) mass is 324 g/mol. The third-order valence-corrected chi connectivity index (χ3v) is 3.02. The molecule has 0 fully saturated rings. The topological polar surface area (TPSA) is 98.5 Å². The number of anilines is 1. The summed E-state index contributed by atoms with van der Waals surface area (Å²) in [7, 11) is 0. The third kappa shape index (κ3) is 4.30. The number of nitrogens with one attached hydrogen (secondary N) is 1. The maximum atomic E-state index is 12.3. The number of carbonyl (C=O) groups is 2. The standard InChI is InChI=1S/C17H16N4O3/c1-2-24-16(22)12-21(13-7-4-3-5-8-13)20-15(11-18)17(23)14-9-6-10-19-14/h3-10,19H,2,12H2,1H3/b20-15+. The second-order valence-electron chi connectivity index (χ2n) is 4.67. The minimum Gasteiger partial charge on any atom is -0.465 e. The first-order valence-corrected chi connectivity index (χ1v) is 7.30. The van der Waals surface area contributed by atoms with E-state index in [2.05, 4.69) is 10.1 Å². The van der Waals surface area contributed by atoms with Gasteiger partial charge in [0, 0.05) is 6.20 Å². The van der Waals surface area contributed by atoms with Crippen LogP contribution >= 0.6 is 0 Å². The highest BCUT2D eigenvalue weighted by molar-refractivity contribution is 6.51. The fourth-order valence-electron chi connectivity index (χ4n) is 1.95. The Morgan fingerprint density at radius 1 is 1.25 bits per heavy atom. The molecule has 0 radical (unpaired) electrons. The van der Waals surface area contributed by atoms with E-state index in [4.69, 9.17) is 4.74 Å². The van der Waals surface area contributed by atoms with E-state index in [1.807, 2.05) is 6.07 Å². The molecule has 7 nitrogen and oxygen atoms in total. The van der Waals surface area contributed by atoms with Gasteiger partial charge in [0.05, 0.1) is 18.0 Å². The number of para-hydroxylation sites is 1. The van der Waals surface area contributed by atoms with Gasteiger partial charge in [-0.3, -0.25) is 14.6 Å². The Kier molecular flexibility index (Phi) is 5.86. The molecule has 0 bridgehead atoms. The van der Waals surface area contributed by atoms with Gasteiger partial charge < -0.3 is 9.72 Å². The summed E-state index contributed by atoms with van der Waals surface area (Å²) in [6, 6.07) is 13.8. The zero-order chi connectivity index (χ0) is 17.4. The van der Waals surface area contributed by atoms with Crippen LogP contribution in [0.5, 0.6) is 0 Å². The third-order valence-electron chi connectivity index (χ3n) is 3.02. The van der Waals surface area contributed by atoms with Gasteiger partial charge in [-0.15, -0.1) is 0 Å². The van der Waals surface area contributed by atoms with Crippen molar-refractivity contribution in [1.29, 1.82) is 5.26 Å². The van der Waals surface area contributed by atoms with Crippen LogP contribution in [-0.2, 0) is 9.53 Å². The molecular weight excluding hydrogens is 308 g/mol.